The van der Waals surface area contributed by atoms with Gasteiger partial charge in [-0.25, -0.2) is 4.98 Å². The second kappa shape index (κ2) is 8.22. The SMILES string of the molecule is Cc1cc(NCCc2c[nH]c3ccccc23)nc(Nc2ccc(N(C)C)cc2)n1. The van der Waals surface area contributed by atoms with Crippen LogP contribution in [-0.4, -0.2) is 35.6 Å². The third kappa shape index (κ3) is 4.48. The van der Waals surface area contributed by atoms with Crippen molar-refractivity contribution in [2.24, 2.45) is 0 Å². The summed E-state index contributed by atoms with van der Waals surface area (Å²) in [6.07, 6.45) is 3.00. The number of rotatable bonds is 7. The van der Waals surface area contributed by atoms with Gasteiger partial charge in [-0.3, -0.25) is 0 Å². The third-order valence-electron chi connectivity index (χ3n) is 4.87. The molecule has 6 nitrogen and oxygen atoms in total. The summed E-state index contributed by atoms with van der Waals surface area (Å²) in [5, 5.41) is 8.00. The maximum Gasteiger partial charge on any atom is 0.229 e. The first-order chi connectivity index (χ1) is 14.1. The highest BCUT2D eigenvalue weighted by molar-refractivity contribution is 5.83. The van der Waals surface area contributed by atoms with E-state index in [-0.39, 0.29) is 0 Å². The lowest BCUT2D eigenvalue weighted by atomic mass is 10.1. The standard InChI is InChI=1S/C23H26N6/c1-16-14-22(24-13-12-17-15-25-21-7-5-4-6-20(17)21)28-23(26-16)27-18-8-10-19(11-9-18)29(2)3/h4-11,14-15,25H,12-13H2,1-3H3,(H2,24,26,27,28). The Bertz CT molecular complexity index is 1100. The van der Waals surface area contributed by atoms with Crippen molar-refractivity contribution in [2.75, 3.05) is 36.2 Å². The molecule has 0 atom stereocenters. The lowest BCUT2D eigenvalue weighted by molar-refractivity contribution is 1.00. The van der Waals surface area contributed by atoms with Crippen molar-refractivity contribution >= 4 is 34.0 Å². The van der Waals surface area contributed by atoms with E-state index in [0.29, 0.717) is 5.95 Å². The highest BCUT2D eigenvalue weighted by Gasteiger charge is 2.06. The highest BCUT2D eigenvalue weighted by atomic mass is 15.1. The fraction of sp³-hybridized carbons (Fsp3) is 0.217. The quantitative estimate of drug-likeness (QED) is 0.428. The maximum atomic E-state index is 4.62. The molecule has 2 aromatic heterocycles. The fourth-order valence-electron chi connectivity index (χ4n) is 3.35. The summed E-state index contributed by atoms with van der Waals surface area (Å²) in [5.74, 6) is 1.42. The largest absolute Gasteiger partial charge is 0.378 e. The van der Waals surface area contributed by atoms with Crippen LogP contribution in [0.15, 0.2) is 60.8 Å². The number of nitrogens with zero attached hydrogens (tertiary/aromatic N) is 3. The van der Waals surface area contributed by atoms with Crippen LogP contribution in [0.25, 0.3) is 10.9 Å². The van der Waals surface area contributed by atoms with Crippen molar-refractivity contribution in [3.05, 3.63) is 72.1 Å². The summed E-state index contributed by atoms with van der Waals surface area (Å²) in [6.45, 7) is 2.78. The molecule has 0 aliphatic rings. The van der Waals surface area contributed by atoms with Crippen LogP contribution in [0.5, 0.6) is 0 Å². The number of benzene rings is 2. The molecular weight excluding hydrogens is 360 g/mol. The van der Waals surface area contributed by atoms with E-state index in [1.165, 1.54) is 16.5 Å². The van der Waals surface area contributed by atoms with Gasteiger partial charge in [0.15, 0.2) is 0 Å². The van der Waals surface area contributed by atoms with Gasteiger partial charge in [0.05, 0.1) is 0 Å². The van der Waals surface area contributed by atoms with Crippen molar-refractivity contribution in [3.63, 3.8) is 0 Å². The van der Waals surface area contributed by atoms with E-state index in [4.69, 9.17) is 0 Å². The molecule has 0 amide bonds. The van der Waals surface area contributed by atoms with E-state index in [2.05, 4.69) is 67.0 Å². The molecule has 0 saturated heterocycles. The Morgan fingerprint density at radius 3 is 2.59 bits per heavy atom. The lowest BCUT2D eigenvalue weighted by Crippen LogP contribution is -2.09. The van der Waals surface area contributed by atoms with E-state index in [1.54, 1.807) is 0 Å². The third-order valence-corrected chi connectivity index (χ3v) is 4.87. The fourth-order valence-corrected chi connectivity index (χ4v) is 3.35. The Kier molecular flexibility index (Phi) is 5.33. The van der Waals surface area contributed by atoms with E-state index in [0.717, 1.165) is 35.9 Å². The van der Waals surface area contributed by atoms with Gasteiger partial charge in [0, 0.05) is 60.9 Å². The summed E-state index contributed by atoms with van der Waals surface area (Å²) < 4.78 is 0. The number of hydrogen-bond acceptors (Lipinski definition) is 5. The van der Waals surface area contributed by atoms with Gasteiger partial charge < -0.3 is 20.5 Å². The molecule has 2 aromatic carbocycles. The van der Waals surface area contributed by atoms with Gasteiger partial charge in [-0.2, -0.15) is 4.98 Å². The monoisotopic (exact) mass is 386 g/mol. The van der Waals surface area contributed by atoms with Crippen LogP contribution >= 0.6 is 0 Å². The Balaban J connectivity index is 1.41. The molecule has 0 spiro atoms. The van der Waals surface area contributed by atoms with Crippen molar-refractivity contribution < 1.29 is 0 Å². The molecule has 6 heteroatoms. The minimum absolute atomic E-state index is 0.595. The normalized spacial score (nSPS) is 10.9. The molecule has 4 rings (SSSR count). The molecule has 148 valence electrons. The first kappa shape index (κ1) is 18.8. The maximum absolute atomic E-state index is 4.62. The second-order valence-corrected chi connectivity index (χ2v) is 7.32. The summed E-state index contributed by atoms with van der Waals surface area (Å²) in [7, 11) is 4.06. The van der Waals surface area contributed by atoms with Gasteiger partial charge in [-0.05, 0) is 49.2 Å². The van der Waals surface area contributed by atoms with Gasteiger partial charge in [0.1, 0.15) is 5.82 Å². The molecule has 0 aliphatic carbocycles. The van der Waals surface area contributed by atoms with Crippen molar-refractivity contribution in [1.29, 1.82) is 0 Å². The van der Waals surface area contributed by atoms with Crippen LogP contribution in [-0.2, 0) is 6.42 Å². The smallest absolute Gasteiger partial charge is 0.229 e. The van der Waals surface area contributed by atoms with Gasteiger partial charge >= 0.3 is 0 Å². The summed E-state index contributed by atoms with van der Waals surface area (Å²) in [5.41, 5.74) is 5.51. The van der Waals surface area contributed by atoms with Crippen molar-refractivity contribution in [1.82, 2.24) is 15.0 Å². The molecule has 0 aliphatic heterocycles. The zero-order chi connectivity index (χ0) is 20.2. The molecule has 0 saturated carbocycles. The number of fused-ring (bicyclic) bond motifs is 1. The average Bonchev–Trinajstić information content (AvgIpc) is 3.11. The van der Waals surface area contributed by atoms with Gasteiger partial charge in [0.25, 0.3) is 0 Å². The number of anilines is 4. The zero-order valence-electron chi connectivity index (χ0n) is 17.0. The summed E-state index contributed by atoms with van der Waals surface area (Å²) >= 11 is 0. The molecule has 0 unspecified atom stereocenters. The average molecular weight is 387 g/mol. The molecule has 0 radical (unpaired) electrons. The first-order valence-corrected chi connectivity index (χ1v) is 9.77. The Morgan fingerprint density at radius 2 is 1.79 bits per heavy atom. The number of aryl methyl sites for hydroxylation is 1. The van der Waals surface area contributed by atoms with Crippen LogP contribution in [0.2, 0.25) is 0 Å². The molecule has 2 heterocycles. The minimum Gasteiger partial charge on any atom is -0.378 e. The Morgan fingerprint density at radius 1 is 1.00 bits per heavy atom. The number of aromatic amines is 1. The van der Waals surface area contributed by atoms with E-state index < -0.39 is 0 Å². The van der Waals surface area contributed by atoms with Gasteiger partial charge in [0.2, 0.25) is 5.95 Å². The molecule has 3 N–H and O–H groups in total. The van der Waals surface area contributed by atoms with Gasteiger partial charge in [-0.1, -0.05) is 18.2 Å². The van der Waals surface area contributed by atoms with Crippen molar-refractivity contribution in [2.45, 2.75) is 13.3 Å². The summed E-state index contributed by atoms with van der Waals surface area (Å²) in [4.78, 5) is 14.5. The van der Waals surface area contributed by atoms with E-state index >= 15 is 0 Å². The van der Waals surface area contributed by atoms with Crippen LogP contribution in [0, 0.1) is 6.92 Å². The van der Waals surface area contributed by atoms with Crippen LogP contribution in [0.1, 0.15) is 11.3 Å². The molecule has 29 heavy (non-hydrogen) atoms. The zero-order valence-corrected chi connectivity index (χ0v) is 17.0. The Hall–Kier alpha value is -3.54. The topological polar surface area (TPSA) is 68.9 Å². The second-order valence-electron chi connectivity index (χ2n) is 7.32. The summed E-state index contributed by atoms with van der Waals surface area (Å²) in [6, 6.07) is 18.5. The number of aromatic nitrogens is 3. The Labute approximate surface area is 171 Å². The van der Waals surface area contributed by atoms with E-state index in [9.17, 15) is 0 Å². The number of para-hydroxylation sites is 1. The molecule has 0 bridgehead atoms. The van der Waals surface area contributed by atoms with Crippen LogP contribution in [0.3, 0.4) is 0 Å². The highest BCUT2D eigenvalue weighted by Crippen LogP contribution is 2.20. The number of hydrogen-bond donors (Lipinski definition) is 3. The predicted molar refractivity (Wildman–Crippen MR) is 121 cm³/mol. The lowest BCUT2D eigenvalue weighted by Gasteiger charge is -2.13. The van der Waals surface area contributed by atoms with Gasteiger partial charge in [-0.15, -0.1) is 0 Å². The van der Waals surface area contributed by atoms with Crippen molar-refractivity contribution in [3.8, 4) is 0 Å². The van der Waals surface area contributed by atoms with E-state index in [1.807, 2.05) is 45.3 Å². The molecular formula is C23H26N6. The van der Waals surface area contributed by atoms with Crippen LogP contribution < -0.4 is 15.5 Å². The number of H-pyrrole nitrogens is 1. The predicted octanol–water partition coefficient (Wildman–Crippen LogP) is 4.73. The molecule has 4 aromatic rings. The minimum atomic E-state index is 0.595. The van der Waals surface area contributed by atoms with Crippen LogP contribution in [0.4, 0.5) is 23.1 Å². The first-order valence-electron chi connectivity index (χ1n) is 9.77. The molecule has 0 fully saturated rings. The number of nitrogens with one attached hydrogen (secondary N) is 3.